The van der Waals surface area contributed by atoms with E-state index in [0.717, 1.165) is 43.2 Å². The van der Waals surface area contributed by atoms with Gasteiger partial charge in [-0.3, -0.25) is 4.79 Å². The second-order valence-corrected chi connectivity index (χ2v) is 5.93. The molecule has 1 amide bonds. The summed E-state index contributed by atoms with van der Waals surface area (Å²) < 4.78 is 1.85. The lowest BCUT2D eigenvalue weighted by molar-refractivity contribution is -0.130. The first kappa shape index (κ1) is 14.7. The summed E-state index contributed by atoms with van der Waals surface area (Å²) in [5.74, 6) is 1.22. The van der Waals surface area contributed by atoms with Gasteiger partial charge in [0.05, 0.1) is 12.6 Å². The lowest BCUT2D eigenvalue weighted by Crippen LogP contribution is -2.49. The fourth-order valence-corrected chi connectivity index (χ4v) is 3.13. The van der Waals surface area contributed by atoms with E-state index in [4.69, 9.17) is 0 Å². The standard InChI is InChI=1S/C18H19N5O/c24-18(14-15-4-2-1-3-5-15)22-12-10-21(11-13-22)17-7-8-19-16-6-9-20-23(16)17/h1-9H,10-14H2. The second kappa shape index (κ2) is 6.31. The van der Waals surface area contributed by atoms with Crippen LogP contribution in [0, 0.1) is 0 Å². The third kappa shape index (κ3) is 2.82. The van der Waals surface area contributed by atoms with Crippen molar-refractivity contribution < 1.29 is 4.79 Å². The molecule has 6 nitrogen and oxygen atoms in total. The number of piperazine rings is 1. The van der Waals surface area contributed by atoms with Crippen LogP contribution in [0.3, 0.4) is 0 Å². The van der Waals surface area contributed by atoms with Crippen molar-refractivity contribution in [1.29, 1.82) is 0 Å². The molecule has 0 radical (unpaired) electrons. The van der Waals surface area contributed by atoms with Gasteiger partial charge in [0.1, 0.15) is 5.82 Å². The molecule has 1 fully saturated rings. The number of hydrogen-bond donors (Lipinski definition) is 0. The van der Waals surface area contributed by atoms with Gasteiger partial charge in [-0.2, -0.15) is 9.61 Å². The molecule has 1 aliphatic heterocycles. The van der Waals surface area contributed by atoms with Gasteiger partial charge >= 0.3 is 0 Å². The third-order valence-electron chi connectivity index (χ3n) is 4.42. The van der Waals surface area contributed by atoms with Crippen LogP contribution in [0.4, 0.5) is 5.82 Å². The zero-order valence-electron chi connectivity index (χ0n) is 13.4. The van der Waals surface area contributed by atoms with Crippen molar-refractivity contribution in [2.24, 2.45) is 0 Å². The normalized spacial score (nSPS) is 15.0. The van der Waals surface area contributed by atoms with Crippen molar-refractivity contribution in [3.63, 3.8) is 0 Å². The first-order valence-corrected chi connectivity index (χ1v) is 8.17. The Balaban J connectivity index is 1.41. The maximum atomic E-state index is 12.5. The highest BCUT2D eigenvalue weighted by Crippen LogP contribution is 2.17. The van der Waals surface area contributed by atoms with Crippen LogP contribution in [0.25, 0.3) is 5.65 Å². The number of carbonyl (C=O) groups excluding carboxylic acids is 1. The molecule has 122 valence electrons. The van der Waals surface area contributed by atoms with Crippen molar-refractivity contribution in [3.05, 3.63) is 60.4 Å². The molecule has 0 N–H and O–H groups in total. The summed E-state index contributed by atoms with van der Waals surface area (Å²) >= 11 is 0. The smallest absolute Gasteiger partial charge is 0.227 e. The lowest BCUT2D eigenvalue weighted by Gasteiger charge is -2.36. The van der Waals surface area contributed by atoms with Crippen LogP contribution in [0.2, 0.25) is 0 Å². The Morgan fingerprint density at radius 1 is 0.958 bits per heavy atom. The van der Waals surface area contributed by atoms with E-state index in [9.17, 15) is 4.79 Å². The van der Waals surface area contributed by atoms with Gasteiger partial charge in [0.15, 0.2) is 5.65 Å². The third-order valence-corrected chi connectivity index (χ3v) is 4.42. The van der Waals surface area contributed by atoms with Crippen LogP contribution in [0.15, 0.2) is 54.9 Å². The van der Waals surface area contributed by atoms with Gasteiger partial charge in [-0.1, -0.05) is 30.3 Å². The molecule has 0 saturated carbocycles. The number of amides is 1. The van der Waals surface area contributed by atoms with Crippen LogP contribution < -0.4 is 4.90 Å². The number of aromatic nitrogens is 3. The van der Waals surface area contributed by atoms with E-state index in [1.165, 1.54) is 0 Å². The van der Waals surface area contributed by atoms with Gasteiger partial charge < -0.3 is 9.80 Å². The zero-order valence-corrected chi connectivity index (χ0v) is 13.4. The van der Waals surface area contributed by atoms with Crippen LogP contribution in [-0.2, 0) is 11.2 Å². The fourth-order valence-electron chi connectivity index (χ4n) is 3.13. The highest BCUT2D eigenvalue weighted by atomic mass is 16.2. The van der Waals surface area contributed by atoms with E-state index in [1.54, 1.807) is 12.4 Å². The topological polar surface area (TPSA) is 53.7 Å². The summed E-state index contributed by atoms with van der Waals surface area (Å²) in [4.78, 5) is 21.0. The summed E-state index contributed by atoms with van der Waals surface area (Å²) in [6.07, 6.45) is 4.03. The van der Waals surface area contributed by atoms with Gasteiger partial charge in [-0.05, 0) is 11.6 Å². The molecule has 24 heavy (non-hydrogen) atoms. The molecule has 3 aromatic rings. The number of rotatable bonds is 3. The van der Waals surface area contributed by atoms with Gasteiger partial charge in [-0.25, -0.2) is 4.98 Å². The highest BCUT2D eigenvalue weighted by Gasteiger charge is 2.22. The highest BCUT2D eigenvalue weighted by molar-refractivity contribution is 5.79. The maximum absolute atomic E-state index is 12.5. The lowest BCUT2D eigenvalue weighted by atomic mass is 10.1. The zero-order chi connectivity index (χ0) is 16.4. The summed E-state index contributed by atoms with van der Waals surface area (Å²) in [6.45, 7) is 3.08. The summed E-state index contributed by atoms with van der Waals surface area (Å²) in [5.41, 5.74) is 1.91. The quantitative estimate of drug-likeness (QED) is 0.736. The van der Waals surface area contributed by atoms with Crippen molar-refractivity contribution in [1.82, 2.24) is 19.5 Å². The Morgan fingerprint density at radius 2 is 1.75 bits per heavy atom. The number of anilines is 1. The van der Waals surface area contributed by atoms with Crippen LogP contribution in [-0.4, -0.2) is 51.6 Å². The van der Waals surface area contributed by atoms with Crippen molar-refractivity contribution in [3.8, 4) is 0 Å². The molecule has 1 saturated heterocycles. The Bertz CT molecular complexity index is 837. The second-order valence-electron chi connectivity index (χ2n) is 5.93. The molecule has 0 bridgehead atoms. The largest absolute Gasteiger partial charge is 0.353 e. The van der Waals surface area contributed by atoms with Gasteiger partial charge in [0.25, 0.3) is 0 Å². The number of fused-ring (bicyclic) bond motifs is 1. The van der Waals surface area contributed by atoms with E-state index >= 15 is 0 Å². The number of hydrogen-bond acceptors (Lipinski definition) is 4. The Hall–Kier alpha value is -2.89. The van der Waals surface area contributed by atoms with Crippen molar-refractivity contribution in [2.75, 3.05) is 31.1 Å². The minimum atomic E-state index is 0.194. The summed E-state index contributed by atoms with van der Waals surface area (Å²) in [7, 11) is 0. The first-order valence-electron chi connectivity index (χ1n) is 8.17. The Morgan fingerprint density at radius 3 is 2.54 bits per heavy atom. The van der Waals surface area contributed by atoms with E-state index in [2.05, 4.69) is 15.0 Å². The average molecular weight is 321 g/mol. The predicted molar refractivity (Wildman–Crippen MR) is 91.9 cm³/mol. The molecule has 6 heteroatoms. The molecule has 0 aliphatic carbocycles. The minimum absolute atomic E-state index is 0.194. The van der Waals surface area contributed by atoms with Crippen molar-refractivity contribution in [2.45, 2.75) is 6.42 Å². The molecule has 4 rings (SSSR count). The molecule has 0 unspecified atom stereocenters. The van der Waals surface area contributed by atoms with E-state index < -0.39 is 0 Å². The Kier molecular flexibility index (Phi) is 3.86. The molecule has 1 aliphatic rings. The van der Waals surface area contributed by atoms with Crippen LogP contribution >= 0.6 is 0 Å². The molecule has 0 spiro atoms. The Labute approximate surface area is 140 Å². The first-order chi connectivity index (χ1) is 11.8. The summed E-state index contributed by atoms with van der Waals surface area (Å²) in [6, 6.07) is 13.8. The minimum Gasteiger partial charge on any atom is -0.353 e. The van der Waals surface area contributed by atoms with Crippen LogP contribution in [0.1, 0.15) is 5.56 Å². The van der Waals surface area contributed by atoms with Gasteiger partial charge in [-0.15, -0.1) is 0 Å². The SMILES string of the molecule is O=C(Cc1ccccc1)N1CCN(c2ccnc3ccnn23)CC1. The summed E-state index contributed by atoms with van der Waals surface area (Å²) in [5, 5.41) is 4.34. The molecular formula is C18H19N5O. The maximum Gasteiger partial charge on any atom is 0.227 e. The van der Waals surface area contributed by atoms with Gasteiger partial charge in [0.2, 0.25) is 5.91 Å². The molecule has 0 atom stereocenters. The average Bonchev–Trinajstić information content (AvgIpc) is 3.11. The van der Waals surface area contributed by atoms with Crippen molar-refractivity contribution >= 4 is 17.4 Å². The van der Waals surface area contributed by atoms with Gasteiger partial charge in [0, 0.05) is 38.4 Å². The van der Waals surface area contributed by atoms with E-state index in [0.29, 0.717) is 6.42 Å². The predicted octanol–water partition coefficient (Wildman–Crippen LogP) is 1.62. The van der Waals surface area contributed by atoms with Crippen LogP contribution in [0.5, 0.6) is 0 Å². The molecule has 3 heterocycles. The van der Waals surface area contributed by atoms with E-state index in [1.807, 2.05) is 51.9 Å². The molecule has 2 aromatic heterocycles. The van der Waals surface area contributed by atoms with E-state index in [-0.39, 0.29) is 5.91 Å². The number of benzene rings is 1. The molecular weight excluding hydrogens is 302 g/mol. The number of nitrogens with zero attached hydrogens (tertiary/aromatic N) is 5. The molecule has 1 aromatic carbocycles. The fraction of sp³-hybridized carbons (Fsp3) is 0.278. The monoisotopic (exact) mass is 321 g/mol. The number of carbonyl (C=O) groups is 1.